The number of ether oxygens (including phenoxy) is 2. The average Bonchev–Trinajstić information content (AvgIpc) is 3.54. The number of sulfonamides is 2. The Labute approximate surface area is 254 Å². The molecule has 0 atom stereocenters. The molecule has 2 aliphatic rings. The first-order valence-electron chi connectivity index (χ1n) is 13.8. The standard InChI is InChI=1S/C29H29N5O8S2/c35-28(21-3-1-5-25(18-21)43(37,38)32-9-13-41-14-10-32)34(24-7-8-27-23(17-24)20-30-31-27)29(36)22-4-2-6-26(19-22)44(39,40)33-11-15-42-16-12-33/h1-8,17-20H,9-16H2,(H,30,31). The monoisotopic (exact) mass is 639 g/mol. The van der Waals surface area contributed by atoms with Crippen molar-refractivity contribution in [3.8, 4) is 0 Å². The Morgan fingerprint density at radius 3 is 1.70 bits per heavy atom. The van der Waals surface area contributed by atoms with Crippen LogP contribution >= 0.6 is 0 Å². The van der Waals surface area contributed by atoms with Gasteiger partial charge in [-0.1, -0.05) is 12.1 Å². The quantitative estimate of drug-likeness (QED) is 0.299. The lowest BCUT2D eigenvalue weighted by Gasteiger charge is -2.27. The zero-order valence-electron chi connectivity index (χ0n) is 23.5. The number of aromatic nitrogens is 2. The fourth-order valence-corrected chi connectivity index (χ4v) is 8.01. The molecule has 0 spiro atoms. The van der Waals surface area contributed by atoms with E-state index in [0.29, 0.717) is 10.9 Å². The summed E-state index contributed by atoms with van der Waals surface area (Å²) in [6.07, 6.45) is 1.54. The number of nitrogens with one attached hydrogen (secondary N) is 1. The summed E-state index contributed by atoms with van der Waals surface area (Å²) in [4.78, 5) is 29.0. The second-order valence-corrected chi connectivity index (χ2v) is 14.1. The predicted molar refractivity (Wildman–Crippen MR) is 159 cm³/mol. The van der Waals surface area contributed by atoms with Gasteiger partial charge in [-0.2, -0.15) is 13.7 Å². The van der Waals surface area contributed by atoms with Crippen LogP contribution in [0.4, 0.5) is 5.69 Å². The SMILES string of the molecule is O=C(c1cccc(S(=O)(=O)N2CCOCC2)c1)N(C(=O)c1cccc(S(=O)(=O)N2CCOCC2)c1)c1ccc2[nH]ncc2c1. The van der Waals surface area contributed by atoms with Gasteiger partial charge in [0.25, 0.3) is 11.8 Å². The molecule has 2 aliphatic heterocycles. The molecule has 0 radical (unpaired) electrons. The number of hydrogen-bond donors (Lipinski definition) is 1. The maximum absolute atomic E-state index is 14.1. The molecular weight excluding hydrogens is 610 g/mol. The molecule has 2 fully saturated rings. The van der Waals surface area contributed by atoms with Gasteiger partial charge in [0, 0.05) is 42.7 Å². The van der Waals surface area contributed by atoms with Gasteiger partial charge >= 0.3 is 0 Å². The number of aromatic amines is 1. The first-order chi connectivity index (χ1) is 21.2. The number of hydrogen-bond acceptors (Lipinski definition) is 9. The van der Waals surface area contributed by atoms with E-state index < -0.39 is 31.9 Å². The Balaban J connectivity index is 1.39. The van der Waals surface area contributed by atoms with Gasteiger partial charge in [0.2, 0.25) is 20.0 Å². The van der Waals surface area contributed by atoms with Crippen LogP contribution in [0.1, 0.15) is 20.7 Å². The summed E-state index contributed by atoms with van der Waals surface area (Å²) in [7, 11) is -7.86. The van der Waals surface area contributed by atoms with E-state index in [0.717, 1.165) is 4.90 Å². The van der Waals surface area contributed by atoms with Crippen LogP contribution in [0.2, 0.25) is 0 Å². The number of fused-ring (bicyclic) bond motifs is 1. The van der Waals surface area contributed by atoms with Gasteiger partial charge in [-0.15, -0.1) is 0 Å². The highest BCUT2D eigenvalue weighted by Crippen LogP contribution is 2.27. The van der Waals surface area contributed by atoms with Crippen LogP contribution in [-0.2, 0) is 29.5 Å². The van der Waals surface area contributed by atoms with Gasteiger partial charge in [-0.05, 0) is 54.6 Å². The van der Waals surface area contributed by atoms with Crippen LogP contribution in [0.15, 0.2) is 82.7 Å². The predicted octanol–water partition coefficient (Wildman–Crippen LogP) is 2.09. The van der Waals surface area contributed by atoms with E-state index in [4.69, 9.17) is 9.47 Å². The summed E-state index contributed by atoms with van der Waals surface area (Å²) in [5.41, 5.74) is 0.775. The number of carbonyl (C=O) groups excluding carboxylic acids is 2. The minimum atomic E-state index is -3.93. The molecule has 4 aromatic rings. The topological polar surface area (TPSA) is 159 Å². The zero-order valence-corrected chi connectivity index (χ0v) is 25.1. The maximum Gasteiger partial charge on any atom is 0.265 e. The molecule has 0 aliphatic carbocycles. The number of carbonyl (C=O) groups is 2. The van der Waals surface area contributed by atoms with Gasteiger partial charge in [0.05, 0.1) is 53.6 Å². The van der Waals surface area contributed by atoms with Crippen LogP contribution in [0, 0.1) is 0 Å². The van der Waals surface area contributed by atoms with E-state index >= 15 is 0 Å². The minimum Gasteiger partial charge on any atom is -0.379 e. The molecule has 230 valence electrons. The Morgan fingerprint density at radius 1 is 0.705 bits per heavy atom. The van der Waals surface area contributed by atoms with E-state index in [1.165, 1.54) is 63.3 Å². The molecule has 0 unspecified atom stereocenters. The number of H-pyrrole nitrogens is 1. The van der Waals surface area contributed by atoms with Gasteiger partial charge in [-0.3, -0.25) is 14.7 Å². The highest BCUT2D eigenvalue weighted by Gasteiger charge is 2.32. The second-order valence-electron chi connectivity index (χ2n) is 10.2. The molecule has 15 heteroatoms. The highest BCUT2D eigenvalue weighted by molar-refractivity contribution is 7.89. The summed E-state index contributed by atoms with van der Waals surface area (Å²) in [5, 5.41) is 7.44. The van der Waals surface area contributed by atoms with Crippen LogP contribution in [0.3, 0.4) is 0 Å². The van der Waals surface area contributed by atoms with E-state index in [-0.39, 0.29) is 79.2 Å². The fraction of sp³-hybridized carbons (Fsp3) is 0.276. The lowest BCUT2D eigenvalue weighted by atomic mass is 10.1. The normalized spacial score (nSPS) is 17.0. The van der Waals surface area contributed by atoms with E-state index in [1.54, 1.807) is 18.2 Å². The van der Waals surface area contributed by atoms with Gasteiger partial charge in [0.1, 0.15) is 0 Å². The molecule has 0 bridgehead atoms. The van der Waals surface area contributed by atoms with Crippen LogP contribution < -0.4 is 4.90 Å². The molecule has 3 aromatic carbocycles. The van der Waals surface area contributed by atoms with Crippen LogP contribution in [0.25, 0.3) is 10.9 Å². The molecule has 0 saturated carbocycles. The largest absolute Gasteiger partial charge is 0.379 e. The highest BCUT2D eigenvalue weighted by atomic mass is 32.2. The third kappa shape index (κ3) is 5.77. The van der Waals surface area contributed by atoms with Crippen molar-refractivity contribution in [2.75, 3.05) is 57.5 Å². The van der Waals surface area contributed by atoms with Crippen molar-refractivity contribution in [2.45, 2.75) is 9.79 Å². The van der Waals surface area contributed by atoms with Crippen molar-refractivity contribution in [2.24, 2.45) is 0 Å². The summed E-state index contributed by atoms with van der Waals surface area (Å²) in [6.45, 7) is 1.76. The Hall–Kier alpha value is -3.99. The fourth-order valence-electron chi connectivity index (χ4n) is 5.11. The van der Waals surface area contributed by atoms with Crippen molar-refractivity contribution in [3.63, 3.8) is 0 Å². The summed E-state index contributed by atoms with van der Waals surface area (Å²) in [5.74, 6) is -1.59. The van der Waals surface area contributed by atoms with E-state index in [2.05, 4.69) is 10.2 Å². The number of amides is 2. The molecule has 44 heavy (non-hydrogen) atoms. The number of rotatable bonds is 7. The maximum atomic E-state index is 14.1. The number of imide groups is 1. The molecule has 1 aromatic heterocycles. The van der Waals surface area contributed by atoms with Crippen molar-refractivity contribution >= 4 is 48.5 Å². The molecule has 2 saturated heterocycles. The average molecular weight is 640 g/mol. The first kappa shape index (κ1) is 30.1. The van der Waals surface area contributed by atoms with Gasteiger partial charge in [-0.25, -0.2) is 21.7 Å². The van der Waals surface area contributed by atoms with E-state index in [9.17, 15) is 26.4 Å². The molecule has 6 rings (SSSR count). The smallest absolute Gasteiger partial charge is 0.265 e. The summed E-state index contributed by atoms with van der Waals surface area (Å²) >= 11 is 0. The molecule has 13 nitrogen and oxygen atoms in total. The number of morpholine rings is 2. The number of benzene rings is 3. The second kappa shape index (κ2) is 12.2. The number of anilines is 1. The Kier molecular flexibility index (Phi) is 8.32. The molecule has 3 heterocycles. The first-order valence-corrected chi connectivity index (χ1v) is 16.7. The number of nitrogens with zero attached hydrogens (tertiary/aromatic N) is 4. The Morgan fingerprint density at radius 2 is 1.20 bits per heavy atom. The summed E-state index contributed by atoms with van der Waals surface area (Å²) in [6, 6.07) is 15.8. The van der Waals surface area contributed by atoms with Crippen molar-refractivity contribution in [3.05, 3.63) is 84.1 Å². The van der Waals surface area contributed by atoms with Crippen molar-refractivity contribution in [1.29, 1.82) is 0 Å². The van der Waals surface area contributed by atoms with Gasteiger partial charge < -0.3 is 9.47 Å². The van der Waals surface area contributed by atoms with Crippen LogP contribution in [-0.4, -0.2) is 100 Å². The lowest BCUT2D eigenvalue weighted by molar-refractivity contribution is 0.0730. The van der Waals surface area contributed by atoms with Crippen molar-refractivity contribution in [1.82, 2.24) is 18.8 Å². The zero-order chi connectivity index (χ0) is 30.9. The molecule has 1 N–H and O–H groups in total. The Bertz CT molecular complexity index is 1830. The van der Waals surface area contributed by atoms with E-state index in [1.807, 2.05) is 0 Å². The van der Waals surface area contributed by atoms with Gasteiger partial charge in [0.15, 0.2) is 0 Å². The molecular formula is C29H29N5O8S2. The van der Waals surface area contributed by atoms with Crippen molar-refractivity contribution < 1.29 is 35.9 Å². The third-order valence-corrected chi connectivity index (χ3v) is 11.3. The van der Waals surface area contributed by atoms with Crippen LogP contribution in [0.5, 0.6) is 0 Å². The minimum absolute atomic E-state index is 0.0444. The molecule has 2 amide bonds. The lowest BCUT2D eigenvalue weighted by Crippen LogP contribution is -2.41. The summed E-state index contributed by atoms with van der Waals surface area (Å²) < 4.78 is 66.5. The third-order valence-electron chi connectivity index (χ3n) is 7.47.